The first-order valence-electron chi connectivity index (χ1n) is 2.93. The Bertz CT molecular complexity index is 273. The van der Waals surface area contributed by atoms with Crippen LogP contribution >= 0.6 is 0 Å². The molecule has 0 fully saturated rings. The van der Waals surface area contributed by atoms with Gasteiger partial charge in [0, 0.05) is 0 Å². The summed E-state index contributed by atoms with van der Waals surface area (Å²) in [5.74, 6) is -2.72. The molecule has 2 N–H and O–H groups in total. The molecule has 2 nitrogen and oxygen atoms in total. The standard InChI is InChI=1S/C7H6F2O2/c8-5-1-2-6(11)4(3-10)7(5)9/h1-2,10-11H,3H2. The summed E-state index contributed by atoms with van der Waals surface area (Å²) in [6, 6.07) is 1.79. The lowest BCUT2D eigenvalue weighted by Gasteiger charge is -2.01. The Labute approximate surface area is 61.7 Å². The summed E-state index contributed by atoms with van der Waals surface area (Å²) in [4.78, 5) is 0. The molecule has 0 aliphatic rings. The molecule has 4 heteroatoms. The lowest BCUT2D eigenvalue weighted by molar-refractivity contribution is 0.266. The molecule has 1 aromatic rings. The second-order valence-corrected chi connectivity index (χ2v) is 2.02. The lowest BCUT2D eigenvalue weighted by atomic mass is 10.2. The van der Waals surface area contributed by atoms with Crippen LogP contribution in [0.3, 0.4) is 0 Å². The molecule has 0 spiro atoms. The summed E-state index contributed by atoms with van der Waals surface area (Å²) in [6.07, 6.45) is 0. The van der Waals surface area contributed by atoms with Gasteiger partial charge in [-0.2, -0.15) is 0 Å². The van der Waals surface area contributed by atoms with Crippen LogP contribution < -0.4 is 0 Å². The average molecular weight is 160 g/mol. The normalized spacial score (nSPS) is 10.1. The summed E-state index contributed by atoms with van der Waals surface area (Å²) in [6.45, 7) is -0.713. The molecule has 11 heavy (non-hydrogen) atoms. The van der Waals surface area contributed by atoms with Gasteiger partial charge in [0.2, 0.25) is 0 Å². The van der Waals surface area contributed by atoms with Crippen LogP contribution in [0.1, 0.15) is 5.56 Å². The number of phenols is 1. The maximum atomic E-state index is 12.6. The zero-order valence-corrected chi connectivity index (χ0v) is 5.51. The third kappa shape index (κ3) is 1.30. The minimum Gasteiger partial charge on any atom is -0.507 e. The van der Waals surface area contributed by atoms with E-state index in [2.05, 4.69) is 0 Å². The van der Waals surface area contributed by atoms with Crippen molar-refractivity contribution in [2.75, 3.05) is 0 Å². The van der Waals surface area contributed by atoms with Gasteiger partial charge >= 0.3 is 0 Å². The summed E-state index contributed by atoms with van der Waals surface area (Å²) in [7, 11) is 0. The van der Waals surface area contributed by atoms with E-state index in [0.717, 1.165) is 12.1 Å². The minimum atomic E-state index is -1.20. The van der Waals surface area contributed by atoms with Gasteiger partial charge in [-0.3, -0.25) is 0 Å². The Morgan fingerprint density at radius 1 is 1.27 bits per heavy atom. The Hall–Kier alpha value is -1.16. The van der Waals surface area contributed by atoms with Crippen molar-refractivity contribution in [1.82, 2.24) is 0 Å². The maximum Gasteiger partial charge on any atom is 0.168 e. The third-order valence-electron chi connectivity index (χ3n) is 1.33. The Kier molecular flexibility index (Phi) is 2.05. The minimum absolute atomic E-state index is 0.412. The van der Waals surface area contributed by atoms with E-state index >= 15 is 0 Å². The van der Waals surface area contributed by atoms with Crippen LogP contribution in [0.2, 0.25) is 0 Å². The number of aliphatic hydroxyl groups is 1. The van der Waals surface area contributed by atoms with Crippen molar-refractivity contribution in [2.24, 2.45) is 0 Å². The van der Waals surface area contributed by atoms with Crippen molar-refractivity contribution < 1.29 is 19.0 Å². The van der Waals surface area contributed by atoms with E-state index in [1.165, 1.54) is 0 Å². The van der Waals surface area contributed by atoms with Gasteiger partial charge in [-0.1, -0.05) is 0 Å². The van der Waals surface area contributed by atoms with E-state index in [9.17, 15) is 8.78 Å². The zero-order chi connectivity index (χ0) is 8.43. The second-order valence-electron chi connectivity index (χ2n) is 2.02. The van der Waals surface area contributed by atoms with Gasteiger partial charge in [-0.25, -0.2) is 8.78 Å². The van der Waals surface area contributed by atoms with Crippen molar-refractivity contribution in [3.05, 3.63) is 29.3 Å². The fourth-order valence-electron chi connectivity index (χ4n) is 0.733. The largest absolute Gasteiger partial charge is 0.507 e. The molecule has 0 aliphatic heterocycles. The lowest BCUT2D eigenvalue weighted by Crippen LogP contribution is -1.93. The molecule has 0 heterocycles. The SMILES string of the molecule is OCc1c(O)ccc(F)c1F. The van der Waals surface area contributed by atoms with E-state index < -0.39 is 29.6 Å². The molecule has 1 aromatic carbocycles. The van der Waals surface area contributed by atoms with Crippen molar-refractivity contribution in [1.29, 1.82) is 0 Å². The first kappa shape index (κ1) is 7.94. The molecular formula is C7H6F2O2. The molecule has 0 unspecified atom stereocenters. The highest BCUT2D eigenvalue weighted by Gasteiger charge is 2.10. The van der Waals surface area contributed by atoms with Crippen LogP contribution in [-0.4, -0.2) is 10.2 Å². The molecule has 0 aromatic heterocycles. The van der Waals surface area contributed by atoms with E-state index in [-0.39, 0.29) is 0 Å². The number of rotatable bonds is 1. The van der Waals surface area contributed by atoms with Crippen LogP contribution in [0.5, 0.6) is 5.75 Å². The van der Waals surface area contributed by atoms with Crippen molar-refractivity contribution in [3.8, 4) is 5.75 Å². The van der Waals surface area contributed by atoms with E-state index in [1.54, 1.807) is 0 Å². The molecular weight excluding hydrogens is 154 g/mol. The van der Waals surface area contributed by atoms with Crippen LogP contribution in [-0.2, 0) is 6.61 Å². The molecule has 0 aliphatic carbocycles. The van der Waals surface area contributed by atoms with Crippen LogP contribution in [0, 0.1) is 11.6 Å². The molecule has 1 rings (SSSR count). The van der Waals surface area contributed by atoms with Crippen LogP contribution in [0.25, 0.3) is 0 Å². The molecule has 0 bridgehead atoms. The van der Waals surface area contributed by atoms with Gasteiger partial charge in [0.25, 0.3) is 0 Å². The van der Waals surface area contributed by atoms with Gasteiger partial charge in [-0.05, 0) is 12.1 Å². The summed E-state index contributed by atoms with van der Waals surface area (Å²) in [5, 5.41) is 17.3. The zero-order valence-electron chi connectivity index (χ0n) is 5.51. The quantitative estimate of drug-likeness (QED) is 0.647. The smallest absolute Gasteiger partial charge is 0.168 e. The fourth-order valence-corrected chi connectivity index (χ4v) is 0.733. The van der Waals surface area contributed by atoms with Gasteiger partial charge < -0.3 is 10.2 Å². The summed E-state index contributed by atoms with van der Waals surface area (Å²) >= 11 is 0. The topological polar surface area (TPSA) is 40.5 Å². The highest BCUT2D eigenvalue weighted by atomic mass is 19.2. The number of aromatic hydroxyl groups is 1. The van der Waals surface area contributed by atoms with Crippen molar-refractivity contribution in [2.45, 2.75) is 6.61 Å². The maximum absolute atomic E-state index is 12.6. The predicted molar refractivity (Wildman–Crippen MR) is 33.9 cm³/mol. The Morgan fingerprint density at radius 2 is 1.91 bits per heavy atom. The summed E-state index contributed by atoms with van der Waals surface area (Å²) in [5.41, 5.74) is -0.412. The van der Waals surface area contributed by atoms with Crippen LogP contribution in [0.4, 0.5) is 8.78 Å². The van der Waals surface area contributed by atoms with Gasteiger partial charge in [0.1, 0.15) is 5.75 Å². The van der Waals surface area contributed by atoms with Crippen molar-refractivity contribution >= 4 is 0 Å². The number of halogens is 2. The average Bonchev–Trinajstić information content (AvgIpc) is 1.99. The van der Waals surface area contributed by atoms with Crippen molar-refractivity contribution in [3.63, 3.8) is 0 Å². The summed E-state index contributed by atoms with van der Waals surface area (Å²) < 4.78 is 24.9. The number of aliphatic hydroxyl groups excluding tert-OH is 1. The highest BCUT2D eigenvalue weighted by Crippen LogP contribution is 2.21. The van der Waals surface area contributed by atoms with E-state index in [0.29, 0.717) is 0 Å². The molecule has 0 saturated carbocycles. The van der Waals surface area contributed by atoms with Gasteiger partial charge in [-0.15, -0.1) is 0 Å². The van der Waals surface area contributed by atoms with E-state index in [1.807, 2.05) is 0 Å². The first-order valence-corrected chi connectivity index (χ1v) is 2.93. The fraction of sp³-hybridized carbons (Fsp3) is 0.143. The molecule has 0 atom stereocenters. The number of hydrogen-bond donors (Lipinski definition) is 2. The molecule has 0 radical (unpaired) electrons. The monoisotopic (exact) mass is 160 g/mol. The van der Waals surface area contributed by atoms with Crippen LogP contribution in [0.15, 0.2) is 12.1 Å². The van der Waals surface area contributed by atoms with Gasteiger partial charge in [0.05, 0.1) is 12.2 Å². The van der Waals surface area contributed by atoms with Gasteiger partial charge in [0.15, 0.2) is 11.6 Å². The number of benzene rings is 1. The molecule has 0 amide bonds. The molecule has 0 saturated heterocycles. The highest BCUT2D eigenvalue weighted by molar-refractivity contribution is 5.33. The Balaban J connectivity index is 3.29. The number of hydrogen-bond acceptors (Lipinski definition) is 2. The second kappa shape index (κ2) is 2.84. The predicted octanol–water partition coefficient (Wildman–Crippen LogP) is 1.16. The molecule has 60 valence electrons. The third-order valence-corrected chi connectivity index (χ3v) is 1.33. The Morgan fingerprint density at radius 3 is 2.36 bits per heavy atom. The van der Waals surface area contributed by atoms with E-state index in [4.69, 9.17) is 10.2 Å². The first-order chi connectivity index (χ1) is 5.16.